The first kappa shape index (κ1) is 20.8. The van der Waals surface area contributed by atoms with Crippen LogP contribution < -0.4 is 10.5 Å². The van der Waals surface area contributed by atoms with Crippen LogP contribution in [0.1, 0.15) is 38.8 Å². The van der Waals surface area contributed by atoms with Gasteiger partial charge in [0.2, 0.25) is 10.0 Å². The van der Waals surface area contributed by atoms with Gasteiger partial charge in [0.05, 0.1) is 16.3 Å². The smallest absolute Gasteiger partial charge is 0.234 e. The lowest BCUT2D eigenvalue weighted by molar-refractivity contribution is 0.582. The average Bonchev–Trinajstić information content (AvgIpc) is 3.29. The summed E-state index contributed by atoms with van der Waals surface area (Å²) < 4.78 is 26.6. The Hall–Kier alpha value is -1.96. The molecule has 1 aliphatic carbocycles. The summed E-state index contributed by atoms with van der Waals surface area (Å²) in [6.45, 7) is 3.58. The third kappa shape index (κ3) is 4.90. The molecular weight excluding hydrogens is 390 g/mol. The molecule has 0 saturated heterocycles. The fourth-order valence-electron chi connectivity index (χ4n) is 3.35. The molecular formula is C21H27N3O2S2. The van der Waals surface area contributed by atoms with Crippen molar-refractivity contribution in [3.05, 3.63) is 54.3 Å². The lowest BCUT2D eigenvalue weighted by Crippen LogP contribution is -2.22. The normalized spacial score (nSPS) is 20.8. The van der Waals surface area contributed by atoms with Gasteiger partial charge in [0.15, 0.2) is 5.13 Å². The number of nitrogens with two attached hydrogens (primary N) is 1. The lowest BCUT2D eigenvalue weighted by atomic mass is 10.0. The zero-order valence-electron chi connectivity index (χ0n) is 16.3. The Morgan fingerprint density at radius 3 is 2.68 bits per heavy atom. The largest absolute Gasteiger partial charge is 0.327 e. The number of thiazole rings is 1. The maximum absolute atomic E-state index is 12.0. The van der Waals surface area contributed by atoms with E-state index in [1.54, 1.807) is 6.92 Å². The van der Waals surface area contributed by atoms with Gasteiger partial charge in [0, 0.05) is 6.04 Å². The molecule has 5 nitrogen and oxygen atoms in total. The zero-order chi connectivity index (χ0) is 20.1. The maximum Gasteiger partial charge on any atom is 0.234 e. The maximum atomic E-state index is 12.0. The fraction of sp³-hybridized carbons (Fsp3) is 0.381. The second-order valence-corrected chi connectivity index (χ2v) is 9.94. The Bertz CT molecular complexity index is 963. The first-order chi connectivity index (χ1) is 13.4. The van der Waals surface area contributed by atoms with E-state index in [9.17, 15) is 8.42 Å². The number of rotatable bonds is 7. The van der Waals surface area contributed by atoms with Crippen molar-refractivity contribution in [1.82, 2.24) is 4.98 Å². The van der Waals surface area contributed by atoms with Gasteiger partial charge < -0.3 is 5.73 Å². The molecule has 0 spiro atoms. The topological polar surface area (TPSA) is 85.1 Å². The van der Waals surface area contributed by atoms with Crippen LogP contribution in [0, 0.1) is 5.92 Å². The van der Waals surface area contributed by atoms with Gasteiger partial charge in [0.1, 0.15) is 0 Å². The van der Waals surface area contributed by atoms with Crippen LogP contribution in [0.3, 0.4) is 0 Å². The molecule has 2 aromatic rings. The summed E-state index contributed by atoms with van der Waals surface area (Å²) in [4.78, 5) is 5.58. The van der Waals surface area contributed by atoms with Gasteiger partial charge in [-0.15, -0.1) is 0 Å². The fourth-order valence-corrected chi connectivity index (χ4v) is 5.19. The third-order valence-corrected chi connectivity index (χ3v) is 7.43. The van der Waals surface area contributed by atoms with Crippen molar-refractivity contribution < 1.29 is 8.42 Å². The van der Waals surface area contributed by atoms with E-state index in [1.807, 2.05) is 43.3 Å². The molecule has 2 atom stereocenters. The Kier molecular flexibility index (Phi) is 6.69. The summed E-state index contributed by atoms with van der Waals surface area (Å²) in [6.07, 6.45) is 9.60. The number of hydrogen-bond donors (Lipinski definition) is 2. The molecule has 0 aliphatic heterocycles. The molecule has 1 saturated carbocycles. The van der Waals surface area contributed by atoms with E-state index >= 15 is 0 Å². The van der Waals surface area contributed by atoms with Gasteiger partial charge in [-0.3, -0.25) is 4.72 Å². The molecule has 0 amide bonds. The van der Waals surface area contributed by atoms with E-state index in [0.29, 0.717) is 11.0 Å². The van der Waals surface area contributed by atoms with Gasteiger partial charge in [-0.2, -0.15) is 0 Å². The summed E-state index contributed by atoms with van der Waals surface area (Å²) in [5.41, 5.74) is 8.97. The molecule has 150 valence electrons. The number of sulfonamides is 1. The Morgan fingerprint density at radius 1 is 1.32 bits per heavy atom. The minimum atomic E-state index is -3.38. The van der Waals surface area contributed by atoms with Crippen LogP contribution >= 0.6 is 11.3 Å². The second-order valence-electron chi connectivity index (χ2n) is 6.93. The van der Waals surface area contributed by atoms with Crippen LogP contribution in [0.4, 0.5) is 5.13 Å². The van der Waals surface area contributed by atoms with Gasteiger partial charge in [-0.25, -0.2) is 13.4 Å². The van der Waals surface area contributed by atoms with E-state index in [0.717, 1.165) is 41.0 Å². The van der Waals surface area contributed by atoms with Crippen LogP contribution in [0.2, 0.25) is 0 Å². The molecule has 1 heterocycles. The molecule has 2 unspecified atom stereocenters. The molecule has 1 aromatic heterocycles. The predicted octanol–water partition coefficient (Wildman–Crippen LogP) is 4.66. The first-order valence-electron chi connectivity index (χ1n) is 9.60. The average molecular weight is 418 g/mol. The molecule has 7 heteroatoms. The molecule has 3 rings (SSSR count). The predicted molar refractivity (Wildman–Crippen MR) is 119 cm³/mol. The second kappa shape index (κ2) is 9.03. The standard InChI is InChI=1S/C21H27N3O2S2/c1-3-15(13-14-16-11-8-12-18(16)22)19-20(17-9-6-5-7-10-17)27-21(23-19)24-28(25,26)4-2/h3,5-7,9-10,13-14,16,18H,4,8,11-12,22H2,1-2H3,(H,23,24). The molecule has 1 aromatic carbocycles. The summed E-state index contributed by atoms with van der Waals surface area (Å²) in [7, 11) is -3.38. The van der Waals surface area contributed by atoms with Crippen molar-refractivity contribution in [3.63, 3.8) is 0 Å². The number of nitrogens with zero attached hydrogens (tertiary/aromatic N) is 1. The van der Waals surface area contributed by atoms with E-state index in [1.165, 1.54) is 11.3 Å². The van der Waals surface area contributed by atoms with Crippen LogP contribution in [-0.2, 0) is 10.0 Å². The summed E-state index contributed by atoms with van der Waals surface area (Å²) in [5, 5.41) is 0.390. The van der Waals surface area contributed by atoms with E-state index < -0.39 is 10.0 Å². The number of hydrogen-bond acceptors (Lipinski definition) is 5. The Labute approximate surface area is 171 Å². The number of allylic oxidation sites excluding steroid dienone is 3. The highest BCUT2D eigenvalue weighted by Crippen LogP contribution is 2.38. The molecule has 1 fully saturated rings. The van der Waals surface area contributed by atoms with Gasteiger partial charge in [-0.1, -0.05) is 66.3 Å². The van der Waals surface area contributed by atoms with Crippen molar-refractivity contribution in [1.29, 1.82) is 0 Å². The Balaban J connectivity index is 1.99. The van der Waals surface area contributed by atoms with Gasteiger partial charge in [-0.05, 0) is 43.7 Å². The minimum absolute atomic E-state index is 0.0124. The quantitative estimate of drug-likeness (QED) is 0.642. The van der Waals surface area contributed by atoms with Gasteiger partial charge >= 0.3 is 0 Å². The summed E-state index contributed by atoms with van der Waals surface area (Å²) in [6, 6.07) is 10.1. The van der Waals surface area contributed by atoms with E-state index in [2.05, 4.69) is 21.9 Å². The van der Waals surface area contributed by atoms with Crippen LogP contribution in [0.25, 0.3) is 16.0 Å². The molecule has 3 N–H and O–H groups in total. The molecule has 0 bridgehead atoms. The number of anilines is 1. The lowest BCUT2D eigenvalue weighted by Gasteiger charge is -2.10. The molecule has 28 heavy (non-hydrogen) atoms. The monoisotopic (exact) mass is 417 g/mol. The van der Waals surface area contributed by atoms with E-state index in [4.69, 9.17) is 5.73 Å². The van der Waals surface area contributed by atoms with Gasteiger partial charge in [0.25, 0.3) is 0 Å². The van der Waals surface area contributed by atoms with E-state index in [-0.39, 0.29) is 11.8 Å². The van der Waals surface area contributed by atoms with Crippen molar-refractivity contribution >= 4 is 32.1 Å². The van der Waals surface area contributed by atoms with Crippen molar-refractivity contribution in [2.45, 2.75) is 39.2 Å². The summed E-state index contributed by atoms with van der Waals surface area (Å²) >= 11 is 1.36. The molecule has 0 radical (unpaired) electrons. The van der Waals surface area contributed by atoms with Crippen molar-refractivity contribution in [2.24, 2.45) is 11.7 Å². The number of aromatic nitrogens is 1. The van der Waals surface area contributed by atoms with Crippen molar-refractivity contribution in [2.75, 3.05) is 10.5 Å². The Morgan fingerprint density at radius 2 is 2.07 bits per heavy atom. The van der Waals surface area contributed by atoms with Crippen LogP contribution in [0.5, 0.6) is 0 Å². The highest BCUT2D eigenvalue weighted by Gasteiger charge is 2.22. The van der Waals surface area contributed by atoms with Crippen LogP contribution in [0.15, 0.2) is 48.6 Å². The highest BCUT2D eigenvalue weighted by atomic mass is 32.2. The third-order valence-electron chi connectivity index (χ3n) is 5.02. The molecule has 1 aliphatic rings. The van der Waals surface area contributed by atoms with Crippen LogP contribution in [-0.4, -0.2) is 25.2 Å². The highest BCUT2D eigenvalue weighted by molar-refractivity contribution is 7.92. The minimum Gasteiger partial charge on any atom is -0.327 e. The SMILES string of the molecule is CC=C(C=CC1CCCC1N)c1nc(NS(=O)(=O)CC)sc1-c1ccccc1. The number of benzene rings is 1. The van der Waals surface area contributed by atoms with Crippen molar-refractivity contribution in [3.8, 4) is 10.4 Å². The zero-order valence-corrected chi connectivity index (χ0v) is 17.9. The number of nitrogens with one attached hydrogen (secondary N) is 1. The summed E-state index contributed by atoms with van der Waals surface area (Å²) in [5.74, 6) is 0.394. The first-order valence-corrected chi connectivity index (χ1v) is 12.1.